The number of aryl methyl sites for hydroxylation is 1. The SMILES string of the molecule is Cc1ncsc1-c1ccc([C@H](C)NC(=O)[C@@H]2C[C@@H](O)CN2C(=O)[C@@H](NC(=O)CN2CCC(CCC(=O)O)CC2)C(C)(C)C)cc1. The van der Waals surface area contributed by atoms with Gasteiger partial charge in [-0.1, -0.05) is 45.0 Å². The van der Waals surface area contributed by atoms with Crippen LogP contribution in [0.3, 0.4) is 0 Å². The van der Waals surface area contributed by atoms with Gasteiger partial charge in [0.25, 0.3) is 0 Å². The summed E-state index contributed by atoms with van der Waals surface area (Å²) in [5.41, 5.74) is 4.12. The van der Waals surface area contributed by atoms with Crippen molar-refractivity contribution in [3.63, 3.8) is 0 Å². The zero-order valence-corrected chi connectivity index (χ0v) is 27.7. The molecule has 45 heavy (non-hydrogen) atoms. The van der Waals surface area contributed by atoms with Gasteiger partial charge in [-0.15, -0.1) is 11.3 Å². The Bertz CT molecular complexity index is 1350. The highest BCUT2D eigenvalue weighted by atomic mass is 32.1. The lowest BCUT2D eigenvalue weighted by Crippen LogP contribution is -2.59. The van der Waals surface area contributed by atoms with Crippen LogP contribution in [0.4, 0.5) is 0 Å². The molecule has 2 fully saturated rings. The monoisotopic (exact) mass is 641 g/mol. The van der Waals surface area contributed by atoms with E-state index in [0.717, 1.165) is 34.5 Å². The van der Waals surface area contributed by atoms with Gasteiger partial charge in [0.05, 0.1) is 34.8 Å². The summed E-state index contributed by atoms with van der Waals surface area (Å²) in [6, 6.07) is 5.87. The Morgan fingerprint density at radius 1 is 1.09 bits per heavy atom. The van der Waals surface area contributed by atoms with Crippen molar-refractivity contribution in [3.05, 3.63) is 41.0 Å². The molecule has 1 aromatic carbocycles. The summed E-state index contributed by atoms with van der Waals surface area (Å²) >= 11 is 1.58. The molecule has 12 heteroatoms. The summed E-state index contributed by atoms with van der Waals surface area (Å²) in [6.45, 7) is 11.0. The van der Waals surface area contributed by atoms with Crippen LogP contribution in [0.25, 0.3) is 10.4 Å². The molecule has 3 heterocycles. The number of aliphatic hydroxyl groups excluding tert-OH is 1. The van der Waals surface area contributed by atoms with Crippen LogP contribution >= 0.6 is 11.3 Å². The molecule has 4 atom stereocenters. The van der Waals surface area contributed by atoms with E-state index < -0.39 is 35.5 Å². The third-order valence-electron chi connectivity index (χ3n) is 8.90. The minimum atomic E-state index is -0.890. The van der Waals surface area contributed by atoms with Gasteiger partial charge in [0.15, 0.2) is 0 Å². The molecule has 4 rings (SSSR count). The Kier molecular flexibility index (Phi) is 11.4. The molecule has 0 unspecified atom stereocenters. The number of carboxylic acids is 1. The molecule has 2 aliphatic rings. The smallest absolute Gasteiger partial charge is 0.303 e. The lowest BCUT2D eigenvalue weighted by molar-refractivity contribution is -0.144. The normalized spacial score (nSPS) is 20.9. The van der Waals surface area contributed by atoms with Crippen molar-refractivity contribution < 1.29 is 29.4 Å². The molecule has 2 aliphatic heterocycles. The second kappa shape index (κ2) is 14.8. The maximum absolute atomic E-state index is 13.9. The first-order valence-corrected chi connectivity index (χ1v) is 16.6. The number of aromatic nitrogens is 1. The molecule has 0 spiro atoms. The maximum Gasteiger partial charge on any atom is 0.303 e. The molecule has 0 saturated carbocycles. The number of β-amino-alcohol motifs (C(OH)–C–C–N with tert-alkyl or cyclic N) is 1. The van der Waals surface area contributed by atoms with E-state index in [0.29, 0.717) is 25.4 Å². The number of rotatable bonds is 11. The number of hydrogen-bond acceptors (Lipinski definition) is 8. The molecule has 11 nitrogen and oxygen atoms in total. The predicted molar refractivity (Wildman–Crippen MR) is 172 cm³/mol. The second-order valence-electron chi connectivity index (χ2n) is 13.5. The fraction of sp³-hybridized carbons (Fsp3) is 0.606. The Labute approximate surface area is 269 Å². The van der Waals surface area contributed by atoms with Gasteiger partial charge in [0.1, 0.15) is 12.1 Å². The second-order valence-corrected chi connectivity index (χ2v) is 14.4. The number of likely N-dealkylation sites (tertiary alicyclic amines) is 2. The number of carbonyl (C=O) groups is 4. The van der Waals surface area contributed by atoms with E-state index >= 15 is 0 Å². The summed E-state index contributed by atoms with van der Waals surface area (Å²) in [5, 5.41) is 25.4. The van der Waals surface area contributed by atoms with E-state index in [1.54, 1.807) is 11.3 Å². The Balaban J connectivity index is 1.36. The largest absolute Gasteiger partial charge is 0.481 e. The molecule has 1 aromatic heterocycles. The van der Waals surface area contributed by atoms with Crippen LogP contribution in [0.5, 0.6) is 0 Å². The quantitative estimate of drug-likeness (QED) is 0.292. The van der Waals surface area contributed by atoms with Crippen LogP contribution < -0.4 is 10.6 Å². The summed E-state index contributed by atoms with van der Waals surface area (Å²) < 4.78 is 0. The summed E-state index contributed by atoms with van der Waals surface area (Å²) in [4.78, 5) is 60.3. The topological polar surface area (TPSA) is 152 Å². The number of amides is 3. The van der Waals surface area contributed by atoms with Gasteiger partial charge in [0, 0.05) is 19.4 Å². The number of carbonyl (C=O) groups excluding carboxylic acids is 3. The number of piperidine rings is 1. The molecule has 246 valence electrons. The van der Waals surface area contributed by atoms with Gasteiger partial charge in [-0.05, 0) is 68.7 Å². The highest BCUT2D eigenvalue weighted by molar-refractivity contribution is 7.13. The van der Waals surface area contributed by atoms with E-state index in [4.69, 9.17) is 5.11 Å². The highest BCUT2D eigenvalue weighted by Crippen LogP contribution is 2.30. The van der Waals surface area contributed by atoms with E-state index in [9.17, 15) is 24.3 Å². The first-order valence-electron chi connectivity index (χ1n) is 15.8. The minimum Gasteiger partial charge on any atom is -0.481 e. The average Bonchev–Trinajstić information content (AvgIpc) is 3.60. The first-order chi connectivity index (χ1) is 21.2. The van der Waals surface area contributed by atoms with Crippen LogP contribution in [-0.2, 0) is 19.2 Å². The van der Waals surface area contributed by atoms with E-state index in [-0.39, 0.29) is 43.8 Å². The molecule has 0 radical (unpaired) electrons. The van der Waals surface area contributed by atoms with Gasteiger partial charge in [-0.3, -0.25) is 24.1 Å². The Hall–Kier alpha value is -3.35. The number of nitrogens with zero attached hydrogens (tertiary/aromatic N) is 3. The van der Waals surface area contributed by atoms with Crippen molar-refractivity contribution in [2.24, 2.45) is 11.3 Å². The average molecular weight is 642 g/mol. The zero-order valence-electron chi connectivity index (χ0n) is 26.9. The molecule has 4 N–H and O–H groups in total. The van der Waals surface area contributed by atoms with Gasteiger partial charge < -0.3 is 25.7 Å². The molecule has 3 amide bonds. The summed E-state index contributed by atoms with van der Waals surface area (Å²) in [7, 11) is 0. The van der Waals surface area contributed by atoms with E-state index in [1.165, 1.54) is 4.90 Å². The lowest BCUT2D eigenvalue weighted by atomic mass is 9.85. The maximum atomic E-state index is 13.9. The van der Waals surface area contributed by atoms with Crippen LogP contribution in [0.1, 0.15) is 77.1 Å². The Morgan fingerprint density at radius 2 is 1.76 bits per heavy atom. The van der Waals surface area contributed by atoms with E-state index in [1.807, 2.05) is 69.3 Å². The number of aliphatic hydroxyl groups is 1. The lowest BCUT2D eigenvalue weighted by Gasteiger charge is -2.36. The van der Waals surface area contributed by atoms with Crippen LogP contribution in [0.2, 0.25) is 0 Å². The predicted octanol–water partition coefficient (Wildman–Crippen LogP) is 3.37. The third kappa shape index (κ3) is 9.11. The number of nitrogens with one attached hydrogen (secondary N) is 2. The van der Waals surface area contributed by atoms with Crippen molar-refractivity contribution in [3.8, 4) is 10.4 Å². The Morgan fingerprint density at radius 3 is 2.33 bits per heavy atom. The van der Waals surface area contributed by atoms with Crippen molar-refractivity contribution in [1.82, 2.24) is 25.4 Å². The van der Waals surface area contributed by atoms with E-state index in [2.05, 4.69) is 15.6 Å². The highest BCUT2D eigenvalue weighted by Gasteiger charge is 2.44. The number of hydrogen-bond donors (Lipinski definition) is 4. The number of aliphatic carboxylic acids is 1. The summed E-state index contributed by atoms with van der Waals surface area (Å²) in [6.07, 6.45) is 1.74. The van der Waals surface area contributed by atoms with Gasteiger partial charge >= 0.3 is 5.97 Å². The third-order valence-corrected chi connectivity index (χ3v) is 9.88. The first kappa shape index (κ1) is 34.5. The number of benzene rings is 1. The fourth-order valence-electron chi connectivity index (χ4n) is 6.19. The number of carboxylic acid groups (broad SMARTS) is 1. The fourth-order valence-corrected chi connectivity index (χ4v) is 7.00. The van der Waals surface area contributed by atoms with Crippen molar-refractivity contribution in [2.75, 3.05) is 26.2 Å². The molecular formula is C33H47N5O6S. The summed E-state index contributed by atoms with van der Waals surface area (Å²) in [5.74, 6) is -1.47. The van der Waals surface area contributed by atoms with Gasteiger partial charge in [0.2, 0.25) is 17.7 Å². The van der Waals surface area contributed by atoms with Crippen molar-refractivity contribution in [2.45, 2.75) is 91.0 Å². The zero-order chi connectivity index (χ0) is 32.9. The molecule has 2 saturated heterocycles. The standard InChI is InChI=1S/C33H47N5O6S/c1-20(23-7-9-24(10-8-23)29-21(2)34-19-45-29)35-31(43)26-16-25(39)17-38(26)32(44)30(33(3,4)5)36-27(40)18-37-14-12-22(13-15-37)6-11-28(41)42/h7-10,19-20,22,25-26,30,39H,6,11-18H2,1-5H3,(H,35,43)(H,36,40)(H,41,42)/t20-,25+,26-,30+/m0/s1. The molecule has 0 aliphatic carbocycles. The molecular weight excluding hydrogens is 594 g/mol. The van der Waals surface area contributed by atoms with Crippen molar-refractivity contribution >= 4 is 35.0 Å². The van der Waals surface area contributed by atoms with Gasteiger partial charge in [-0.25, -0.2) is 4.98 Å². The van der Waals surface area contributed by atoms with Crippen LogP contribution in [-0.4, -0.2) is 93.1 Å². The number of thiazole rings is 1. The van der Waals surface area contributed by atoms with Crippen LogP contribution in [0, 0.1) is 18.3 Å². The molecule has 2 aromatic rings. The molecule has 0 bridgehead atoms. The minimum absolute atomic E-state index is 0.0144. The van der Waals surface area contributed by atoms with Crippen molar-refractivity contribution in [1.29, 1.82) is 0 Å². The van der Waals surface area contributed by atoms with Gasteiger partial charge in [-0.2, -0.15) is 0 Å². The van der Waals surface area contributed by atoms with Crippen LogP contribution in [0.15, 0.2) is 29.8 Å².